The van der Waals surface area contributed by atoms with Gasteiger partial charge in [0.25, 0.3) is 0 Å². The summed E-state index contributed by atoms with van der Waals surface area (Å²) >= 11 is 0. The number of nitrogens with one attached hydrogen (secondary N) is 3. The first-order chi connectivity index (χ1) is 13.1. The van der Waals surface area contributed by atoms with Crippen LogP contribution in [0.15, 0.2) is 54.7 Å². The summed E-state index contributed by atoms with van der Waals surface area (Å²) in [6.07, 6.45) is 2.79. The van der Waals surface area contributed by atoms with E-state index in [4.69, 9.17) is 4.74 Å². The topological polar surface area (TPSA) is 66.2 Å². The van der Waals surface area contributed by atoms with Crippen LogP contribution < -0.4 is 15.4 Å². The molecule has 5 heteroatoms. The summed E-state index contributed by atoms with van der Waals surface area (Å²) in [6, 6.07) is 16.0. The lowest BCUT2D eigenvalue weighted by atomic mass is 10.0. The molecule has 0 saturated carbocycles. The normalized spacial score (nSPS) is 10.9. The number of aromatic amines is 1. The van der Waals surface area contributed by atoms with Gasteiger partial charge < -0.3 is 20.4 Å². The van der Waals surface area contributed by atoms with Crippen molar-refractivity contribution in [2.45, 2.75) is 26.2 Å². The van der Waals surface area contributed by atoms with Crippen LogP contribution in [-0.2, 0) is 6.42 Å². The molecule has 0 aliphatic rings. The van der Waals surface area contributed by atoms with Gasteiger partial charge in [-0.15, -0.1) is 0 Å². The third kappa shape index (κ3) is 5.03. The maximum atomic E-state index is 11.9. The van der Waals surface area contributed by atoms with Crippen LogP contribution in [0.1, 0.15) is 30.9 Å². The summed E-state index contributed by atoms with van der Waals surface area (Å²) < 4.78 is 5.81. The van der Waals surface area contributed by atoms with Crippen LogP contribution in [0.3, 0.4) is 0 Å². The molecule has 0 atom stereocenters. The van der Waals surface area contributed by atoms with E-state index in [1.807, 2.05) is 36.5 Å². The van der Waals surface area contributed by atoms with Crippen molar-refractivity contribution in [1.82, 2.24) is 15.6 Å². The van der Waals surface area contributed by atoms with E-state index in [-0.39, 0.29) is 6.03 Å². The number of fused-ring (bicyclic) bond motifs is 1. The lowest BCUT2D eigenvalue weighted by molar-refractivity contribution is 0.236. The van der Waals surface area contributed by atoms with Crippen LogP contribution in [0, 0.1) is 0 Å². The molecule has 142 valence electrons. The molecule has 0 fully saturated rings. The van der Waals surface area contributed by atoms with Crippen molar-refractivity contribution in [2.24, 2.45) is 0 Å². The largest absolute Gasteiger partial charge is 0.491 e. The summed E-state index contributed by atoms with van der Waals surface area (Å²) in [4.78, 5) is 15.2. The zero-order valence-electron chi connectivity index (χ0n) is 15.9. The Hall–Kier alpha value is -2.95. The molecule has 2 amide bonds. The molecular weight excluding hydrogens is 338 g/mol. The van der Waals surface area contributed by atoms with Gasteiger partial charge >= 0.3 is 6.03 Å². The Balaban J connectivity index is 1.37. The average Bonchev–Trinajstić information content (AvgIpc) is 3.09. The minimum absolute atomic E-state index is 0.171. The first kappa shape index (κ1) is 18.8. The number of para-hydroxylation sites is 2. The molecule has 0 saturated heterocycles. The highest BCUT2D eigenvalue weighted by Gasteiger charge is 2.07. The molecule has 27 heavy (non-hydrogen) atoms. The molecule has 5 nitrogen and oxygen atoms in total. The van der Waals surface area contributed by atoms with Gasteiger partial charge in [0.15, 0.2) is 0 Å². The summed E-state index contributed by atoms with van der Waals surface area (Å²) in [7, 11) is 0. The zero-order chi connectivity index (χ0) is 19.1. The lowest BCUT2D eigenvalue weighted by Gasteiger charge is -2.14. The quantitative estimate of drug-likeness (QED) is 0.524. The molecule has 3 N–H and O–H groups in total. The molecule has 1 aromatic heterocycles. The second-order valence-electron chi connectivity index (χ2n) is 6.83. The highest BCUT2D eigenvalue weighted by Crippen LogP contribution is 2.25. The second-order valence-corrected chi connectivity index (χ2v) is 6.83. The Morgan fingerprint density at radius 3 is 2.63 bits per heavy atom. The molecule has 2 aromatic carbocycles. The number of ether oxygens (including phenoxy) is 1. The number of H-pyrrole nitrogens is 1. The number of rotatable bonds is 8. The van der Waals surface area contributed by atoms with Gasteiger partial charge in [-0.2, -0.15) is 0 Å². The van der Waals surface area contributed by atoms with Gasteiger partial charge in [-0.05, 0) is 35.6 Å². The number of urea groups is 1. The summed E-state index contributed by atoms with van der Waals surface area (Å²) in [6.45, 7) is 5.78. The average molecular weight is 365 g/mol. The maximum Gasteiger partial charge on any atom is 0.314 e. The fourth-order valence-corrected chi connectivity index (χ4v) is 3.13. The van der Waals surface area contributed by atoms with E-state index in [9.17, 15) is 4.79 Å². The first-order valence-electron chi connectivity index (χ1n) is 9.43. The Morgan fingerprint density at radius 2 is 1.78 bits per heavy atom. The monoisotopic (exact) mass is 365 g/mol. The molecule has 3 rings (SSSR count). The fraction of sp³-hybridized carbons (Fsp3) is 0.318. The molecule has 0 spiro atoms. The predicted octanol–water partition coefficient (Wildman–Crippen LogP) is 4.21. The number of carbonyl (C=O) groups excluding carboxylic acids is 1. The first-order valence-corrected chi connectivity index (χ1v) is 9.43. The van der Waals surface area contributed by atoms with Crippen molar-refractivity contribution >= 4 is 16.9 Å². The Kier molecular flexibility index (Phi) is 6.36. The maximum absolute atomic E-state index is 11.9. The number of aromatic nitrogens is 1. The van der Waals surface area contributed by atoms with Crippen molar-refractivity contribution in [3.8, 4) is 5.75 Å². The number of carbonyl (C=O) groups is 1. The highest BCUT2D eigenvalue weighted by atomic mass is 16.5. The van der Waals surface area contributed by atoms with Crippen LogP contribution in [0.5, 0.6) is 5.75 Å². The van der Waals surface area contributed by atoms with Gasteiger partial charge in [0.2, 0.25) is 0 Å². The zero-order valence-corrected chi connectivity index (χ0v) is 15.9. The van der Waals surface area contributed by atoms with Crippen molar-refractivity contribution in [2.75, 3.05) is 19.7 Å². The molecule has 3 aromatic rings. The minimum Gasteiger partial charge on any atom is -0.491 e. The second kappa shape index (κ2) is 9.12. The molecule has 1 heterocycles. The third-order valence-corrected chi connectivity index (χ3v) is 4.54. The molecule has 0 aliphatic carbocycles. The van der Waals surface area contributed by atoms with Gasteiger partial charge in [0.05, 0.1) is 6.54 Å². The lowest BCUT2D eigenvalue weighted by Crippen LogP contribution is -2.38. The van der Waals surface area contributed by atoms with E-state index in [1.54, 1.807) is 0 Å². The molecule has 0 radical (unpaired) electrons. The summed E-state index contributed by atoms with van der Waals surface area (Å²) in [5.41, 5.74) is 3.51. The predicted molar refractivity (Wildman–Crippen MR) is 109 cm³/mol. The van der Waals surface area contributed by atoms with Crippen LogP contribution >= 0.6 is 0 Å². The molecular formula is C22H27N3O2. The van der Waals surface area contributed by atoms with E-state index >= 15 is 0 Å². The van der Waals surface area contributed by atoms with Crippen molar-refractivity contribution in [3.05, 3.63) is 65.9 Å². The van der Waals surface area contributed by atoms with E-state index < -0.39 is 0 Å². The summed E-state index contributed by atoms with van der Waals surface area (Å²) in [5, 5.41) is 6.94. The molecule has 0 bridgehead atoms. The SMILES string of the molecule is CC(C)c1ccccc1OCCNC(=O)NCCc1c[nH]c2ccccc12. The number of hydrogen-bond acceptors (Lipinski definition) is 2. The molecule has 0 unspecified atom stereocenters. The van der Waals surface area contributed by atoms with Crippen molar-refractivity contribution in [1.29, 1.82) is 0 Å². The van der Waals surface area contributed by atoms with Crippen molar-refractivity contribution < 1.29 is 9.53 Å². The fourth-order valence-electron chi connectivity index (χ4n) is 3.13. The third-order valence-electron chi connectivity index (χ3n) is 4.54. The van der Waals surface area contributed by atoms with E-state index in [1.165, 1.54) is 16.5 Å². The summed E-state index contributed by atoms with van der Waals surface area (Å²) in [5.74, 6) is 1.29. The smallest absolute Gasteiger partial charge is 0.314 e. The standard InChI is InChI=1S/C22H27N3O2/c1-16(2)18-7-4-6-10-21(18)27-14-13-24-22(26)23-12-11-17-15-25-20-9-5-3-8-19(17)20/h3-10,15-16,25H,11-14H2,1-2H3,(H2,23,24,26). The number of amides is 2. The van der Waals surface area contributed by atoms with Gasteiger partial charge in [0.1, 0.15) is 12.4 Å². The van der Waals surface area contributed by atoms with E-state index in [0.29, 0.717) is 25.6 Å². The Bertz CT molecular complexity index is 886. The van der Waals surface area contributed by atoms with Crippen LogP contribution in [-0.4, -0.2) is 30.7 Å². The van der Waals surface area contributed by atoms with Gasteiger partial charge in [0, 0.05) is 23.6 Å². The minimum atomic E-state index is -0.171. The van der Waals surface area contributed by atoms with Gasteiger partial charge in [-0.1, -0.05) is 50.2 Å². The van der Waals surface area contributed by atoms with Crippen LogP contribution in [0.25, 0.3) is 10.9 Å². The van der Waals surface area contributed by atoms with Gasteiger partial charge in [-0.25, -0.2) is 4.79 Å². The van der Waals surface area contributed by atoms with Crippen LogP contribution in [0.2, 0.25) is 0 Å². The number of benzene rings is 2. The van der Waals surface area contributed by atoms with E-state index in [2.05, 4.69) is 47.7 Å². The van der Waals surface area contributed by atoms with Crippen LogP contribution in [0.4, 0.5) is 4.79 Å². The Morgan fingerprint density at radius 1 is 1.04 bits per heavy atom. The number of hydrogen-bond donors (Lipinski definition) is 3. The highest BCUT2D eigenvalue weighted by molar-refractivity contribution is 5.83. The van der Waals surface area contributed by atoms with Crippen molar-refractivity contribution in [3.63, 3.8) is 0 Å². The van der Waals surface area contributed by atoms with Gasteiger partial charge in [-0.3, -0.25) is 0 Å². The molecule has 0 aliphatic heterocycles. The Labute approximate surface area is 160 Å². The van der Waals surface area contributed by atoms with E-state index in [0.717, 1.165) is 17.7 Å².